The number of para-hydroxylation sites is 2. The number of methoxy groups -OCH3 is 1. The van der Waals surface area contributed by atoms with Gasteiger partial charge < -0.3 is 14.4 Å². The lowest BCUT2D eigenvalue weighted by molar-refractivity contribution is -0.130. The zero-order valence-corrected chi connectivity index (χ0v) is 13.3. The minimum atomic E-state index is -0.284. The third-order valence-electron chi connectivity index (χ3n) is 3.40. The molecule has 0 fully saturated rings. The van der Waals surface area contributed by atoms with E-state index in [1.807, 2.05) is 12.1 Å². The van der Waals surface area contributed by atoms with E-state index in [1.165, 1.54) is 12.1 Å². The molecule has 0 heterocycles. The molecule has 0 aliphatic carbocycles. The van der Waals surface area contributed by atoms with Crippen molar-refractivity contribution in [3.05, 3.63) is 59.9 Å². The van der Waals surface area contributed by atoms with Gasteiger partial charge in [-0.3, -0.25) is 4.79 Å². The number of carbonyl (C=O) groups is 1. The molecular weight excluding hydrogens is 297 g/mol. The second-order valence-electron chi connectivity index (χ2n) is 5.13. The zero-order chi connectivity index (χ0) is 16.7. The lowest BCUT2D eigenvalue weighted by Crippen LogP contribution is -2.27. The fraction of sp³-hybridized carbons (Fsp3) is 0.278. The zero-order valence-electron chi connectivity index (χ0n) is 13.3. The van der Waals surface area contributed by atoms with Crippen molar-refractivity contribution in [2.24, 2.45) is 0 Å². The van der Waals surface area contributed by atoms with Crippen molar-refractivity contribution in [2.75, 3.05) is 20.8 Å². The molecule has 0 aliphatic rings. The van der Waals surface area contributed by atoms with Gasteiger partial charge in [-0.2, -0.15) is 0 Å². The monoisotopic (exact) mass is 317 g/mol. The van der Waals surface area contributed by atoms with Crippen LogP contribution >= 0.6 is 0 Å². The van der Waals surface area contributed by atoms with Crippen molar-refractivity contribution in [3.63, 3.8) is 0 Å². The Kier molecular flexibility index (Phi) is 5.97. The number of carbonyl (C=O) groups excluding carboxylic acids is 1. The summed E-state index contributed by atoms with van der Waals surface area (Å²) in [5, 5.41) is 0. The van der Waals surface area contributed by atoms with E-state index < -0.39 is 0 Å². The molecule has 4 nitrogen and oxygen atoms in total. The summed E-state index contributed by atoms with van der Waals surface area (Å²) in [6.07, 6.45) is 0.260. The quantitative estimate of drug-likeness (QED) is 0.787. The van der Waals surface area contributed by atoms with Gasteiger partial charge in [-0.1, -0.05) is 24.3 Å². The Morgan fingerprint density at radius 3 is 2.39 bits per heavy atom. The maximum Gasteiger partial charge on any atom is 0.226 e. The van der Waals surface area contributed by atoms with E-state index >= 15 is 0 Å². The smallest absolute Gasteiger partial charge is 0.226 e. The van der Waals surface area contributed by atoms with Crippen LogP contribution in [0.5, 0.6) is 11.5 Å². The van der Waals surface area contributed by atoms with Crippen LogP contribution in [-0.4, -0.2) is 31.6 Å². The Hall–Kier alpha value is -2.56. The van der Waals surface area contributed by atoms with Crippen molar-refractivity contribution in [3.8, 4) is 11.5 Å². The van der Waals surface area contributed by atoms with Crippen LogP contribution in [0.3, 0.4) is 0 Å². The normalized spacial score (nSPS) is 10.2. The second-order valence-corrected chi connectivity index (χ2v) is 5.13. The van der Waals surface area contributed by atoms with Crippen LogP contribution < -0.4 is 9.47 Å². The summed E-state index contributed by atoms with van der Waals surface area (Å²) in [5.41, 5.74) is 0.882. The molecule has 5 heteroatoms. The van der Waals surface area contributed by atoms with Crippen molar-refractivity contribution < 1.29 is 18.7 Å². The molecule has 2 rings (SSSR count). The first-order valence-electron chi connectivity index (χ1n) is 7.34. The molecule has 0 saturated heterocycles. The number of halogens is 1. The van der Waals surface area contributed by atoms with Gasteiger partial charge in [-0.05, 0) is 29.8 Å². The van der Waals surface area contributed by atoms with Gasteiger partial charge in [0.1, 0.15) is 5.82 Å². The third kappa shape index (κ3) is 4.98. The summed E-state index contributed by atoms with van der Waals surface area (Å²) in [7, 11) is 3.29. The third-order valence-corrected chi connectivity index (χ3v) is 3.40. The van der Waals surface area contributed by atoms with Crippen LogP contribution in [0.4, 0.5) is 4.39 Å². The van der Waals surface area contributed by atoms with Crippen molar-refractivity contribution in [1.29, 1.82) is 0 Å². The van der Waals surface area contributed by atoms with E-state index in [0.29, 0.717) is 18.0 Å². The van der Waals surface area contributed by atoms with Crippen LogP contribution in [0.25, 0.3) is 0 Å². The highest BCUT2D eigenvalue weighted by Gasteiger charge is 2.10. The number of hydrogen-bond acceptors (Lipinski definition) is 3. The summed E-state index contributed by atoms with van der Waals surface area (Å²) in [4.78, 5) is 13.7. The van der Waals surface area contributed by atoms with Gasteiger partial charge in [0.2, 0.25) is 5.91 Å². The summed E-state index contributed by atoms with van der Waals surface area (Å²) >= 11 is 0. The van der Waals surface area contributed by atoms with E-state index in [0.717, 1.165) is 5.56 Å². The molecule has 23 heavy (non-hydrogen) atoms. The predicted molar refractivity (Wildman–Crippen MR) is 86.0 cm³/mol. The maximum atomic E-state index is 12.9. The SMILES string of the molecule is COc1ccccc1OCCC(=O)N(C)Cc1ccc(F)cc1. The fourth-order valence-electron chi connectivity index (χ4n) is 2.13. The van der Waals surface area contributed by atoms with Gasteiger partial charge in [0.25, 0.3) is 0 Å². The largest absolute Gasteiger partial charge is 0.493 e. The predicted octanol–water partition coefficient (Wildman–Crippen LogP) is 3.26. The highest BCUT2D eigenvalue weighted by atomic mass is 19.1. The summed E-state index contributed by atoms with van der Waals surface area (Å²) < 4.78 is 23.6. The van der Waals surface area contributed by atoms with Gasteiger partial charge >= 0.3 is 0 Å². The Balaban J connectivity index is 1.81. The number of nitrogens with zero attached hydrogens (tertiary/aromatic N) is 1. The highest BCUT2D eigenvalue weighted by Crippen LogP contribution is 2.25. The maximum absolute atomic E-state index is 12.9. The molecule has 1 amide bonds. The van der Waals surface area contributed by atoms with Crippen LogP contribution in [0.2, 0.25) is 0 Å². The number of amides is 1. The Labute approximate surface area is 135 Å². The lowest BCUT2D eigenvalue weighted by Gasteiger charge is -2.18. The molecule has 0 saturated carbocycles. The molecule has 122 valence electrons. The van der Waals surface area contributed by atoms with E-state index in [9.17, 15) is 9.18 Å². The fourth-order valence-corrected chi connectivity index (χ4v) is 2.13. The van der Waals surface area contributed by atoms with Gasteiger partial charge in [0.05, 0.1) is 20.1 Å². The topological polar surface area (TPSA) is 38.8 Å². The van der Waals surface area contributed by atoms with E-state index in [1.54, 1.807) is 43.3 Å². The molecule has 0 spiro atoms. The summed E-state index contributed by atoms with van der Waals surface area (Å²) in [6, 6.07) is 13.4. The summed E-state index contributed by atoms with van der Waals surface area (Å²) in [6.45, 7) is 0.709. The standard InChI is InChI=1S/C18H20FNO3/c1-20(13-14-7-9-15(19)10-8-14)18(21)11-12-23-17-6-4-3-5-16(17)22-2/h3-10H,11-13H2,1-2H3. The average Bonchev–Trinajstić information content (AvgIpc) is 2.57. The van der Waals surface area contributed by atoms with Gasteiger partial charge in [0, 0.05) is 13.6 Å². The van der Waals surface area contributed by atoms with Gasteiger partial charge in [0.15, 0.2) is 11.5 Å². The number of benzene rings is 2. The molecule has 0 unspecified atom stereocenters. The van der Waals surface area contributed by atoms with Gasteiger partial charge in [-0.15, -0.1) is 0 Å². The van der Waals surface area contributed by atoms with Crippen LogP contribution in [0.1, 0.15) is 12.0 Å². The molecule has 0 aromatic heterocycles. The number of rotatable bonds is 7. The molecule has 0 bridgehead atoms. The number of hydrogen-bond donors (Lipinski definition) is 0. The Bertz CT molecular complexity index is 643. The van der Waals surface area contributed by atoms with Gasteiger partial charge in [-0.25, -0.2) is 4.39 Å². The first kappa shape index (κ1) is 16.8. The molecule has 0 radical (unpaired) electrons. The van der Waals surface area contributed by atoms with Crippen molar-refractivity contribution in [2.45, 2.75) is 13.0 Å². The highest BCUT2D eigenvalue weighted by molar-refractivity contribution is 5.76. The molecule has 2 aromatic carbocycles. The minimum absolute atomic E-state index is 0.0378. The molecular formula is C18H20FNO3. The second kappa shape index (κ2) is 8.17. The minimum Gasteiger partial charge on any atom is -0.493 e. The number of ether oxygens (including phenoxy) is 2. The van der Waals surface area contributed by atoms with E-state index in [2.05, 4.69) is 0 Å². The Morgan fingerprint density at radius 1 is 1.09 bits per heavy atom. The van der Waals surface area contributed by atoms with Crippen LogP contribution in [-0.2, 0) is 11.3 Å². The van der Waals surface area contributed by atoms with Crippen LogP contribution in [0.15, 0.2) is 48.5 Å². The summed E-state index contributed by atoms with van der Waals surface area (Å²) in [5.74, 6) is 0.931. The van der Waals surface area contributed by atoms with E-state index in [-0.39, 0.29) is 24.8 Å². The first-order valence-corrected chi connectivity index (χ1v) is 7.34. The van der Waals surface area contributed by atoms with E-state index in [4.69, 9.17) is 9.47 Å². The molecule has 2 aromatic rings. The van der Waals surface area contributed by atoms with Crippen LogP contribution in [0, 0.1) is 5.82 Å². The van der Waals surface area contributed by atoms with Crippen molar-refractivity contribution >= 4 is 5.91 Å². The molecule has 0 N–H and O–H groups in total. The lowest BCUT2D eigenvalue weighted by atomic mass is 10.2. The average molecular weight is 317 g/mol. The molecule has 0 atom stereocenters. The van der Waals surface area contributed by atoms with Crippen molar-refractivity contribution in [1.82, 2.24) is 4.90 Å². The molecule has 0 aliphatic heterocycles. The first-order chi connectivity index (χ1) is 11.1. The Morgan fingerprint density at radius 2 is 1.74 bits per heavy atom.